The van der Waals surface area contributed by atoms with Crippen molar-refractivity contribution in [3.05, 3.63) is 30.0 Å². The van der Waals surface area contributed by atoms with Crippen molar-refractivity contribution in [2.75, 3.05) is 7.11 Å². The predicted molar refractivity (Wildman–Crippen MR) is 54.2 cm³/mol. The molecule has 68 valence electrons. The SMILES string of the molecule is CCc1c[nH]c2cc(OC)ccc12. The van der Waals surface area contributed by atoms with Crippen molar-refractivity contribution in [3.8, 4) is 5.75 Å². The van der Waals surface area contributed by atoms with E-state index in [9.17, 15) is 0 Å². The first-order valence-corrected chi connectivity index (χ1v) is 4.49. The average molecular weight is 175 g/mol. The van der Waals surface area contributed by atoms with E-state index in [1.54, 1.807) is 7.11 Å². The number of nitrogens with one attached hydrogen (secondary N) is 1. The third kappa shape index (κ3) is 1.28. The fraction of sp³-hybridized carbons (Fsp3) is 0.273. The zero-order chi connectivity index (χ0) is 9.26. The van der Waals surface area contributed by atoms with E-state index in [1.807, 2.05) is 12.1 Å². The Balaban J connectivity index is 2.61. The molecule has 0 fully saturated rings. The van der Waals surface area contributed by atoms with Crippen molar-refractivity contribution in [3.63, 3.8) is 0 Å². The van der Waals surface area contributed by atoms with Crippen LogP contribution < -0.4 is 4.74 Å². The van der Waals surface area contributed by atoms with Crippen LogP contribution >= 0.6 is 0 Å². The molecule has 0 unspecified atom stereocenters. The molecule has 0 aliphatic carbocycles. The summed E-state index contributed by atoms with van der Waals surface area (Å²) in [5.74, 6) is 0.900. The molecule has 1 aromatic heterocycles. The van der Waals surface area contributed by atoms with Gasteiger partial charge in [-0.3, -0.25) is 0 Å². The van der Waals surface area contributed by atoms with Gasteiger partial charge in [-0.15, -0.1) is 0 Å². The molecule has 0 atom stereocenters. The Morgan fingerprint density at radius 3 is 2.92 bits per heavy atom. The summed E-state index contributed by atoms with van der Waals surface area (Å²) in [6.45, 7) is 2.16. The average Bonchev–Trinajstić information content (AvgIpc) is 2.59. The Labute approximate surface area is 77.5 Å². The second-order valence-electron chi connectivity index (χ2n) is 3.08. The summed E-state index contributed by atoms with van der Waals surface area (Å²) in [4.78, 5) is 3.23. The quantitative estimate of drug-likeness (QED) is 0.745. The highest BCUT2D eigenvalue weighted by Crippen LogP contribution is 2.23. The fourth-order valence-electron chi connectivity index (χ4n) is 1.58. The van der Waals surface area contributed by atoms with E-state index >= 15 is 0 Å². The van der Waals surface area contributed by atoms with Crippen LogP contribution in [0.2, 0.25) is 0 Å². The van der Waals surface area contributed by atoms with Crippen LogP contribution in [-0.4, -0.2) is 12.1 Å². The smallest absolute Gasteiger partial charge is 0.120 e. The van der Waals surface area contributed by atoms with E-state index < -0.39 is 0 Å². The molecule has 2 rings (SSSR count). The maximum Gasteiger partial charge on any atom is 0.120 e. The van der Waals surface area contributed by atoms with E-state index in [1.165, 1.54) is 10.9 Å². The van der Waals surface area contributed by atoms with Gasteiger partial charge in [-0.2, -0.15) is 0 Å². The number of hydrogen-bond acceptors (Lipinski definition) is 1. The molecule has 2 nitrogen and oxygen atoms in total. The minimum atomic E-state index is 0.900. The van der Waals surface area contributed by atoms with Gasteiger partial charge in [0.05, 0.1) is 7.11 Å². The van der Waals surface area contributed by atoms with E-state index in [4.69, 9.17) is 4.74 Å². The summed E-state index contributed by atoms with van der Waals surface area (Å²) in [5, 5.41) is 1.29. The lowest BCUT2D eigenvalue weighted by molar-refractivity contribution is 0.415. The van der Waals surface area contributed by atoms with Crippen molar-refractivity contribution in [1.29, 1.82) is 0 Å². The van der Waals surface area contributed by atoms with Crippen LogP contribution in [0.4, 0.5) is 0 Å². The number of ether oxygens (including phenoxy) is 1. The Bertz CT molecular complexity index is 417. The summed E-state index contributed by atoms with van der Waals surface area (Å²) in [6.07, 6.45) is 3.12. The first-order chi connectivity index (χ1) is 6.35. The number of aromatic nitrogens is 1. The maximum absolute atomic E-state index is 5.15. The number of rotatable bonds is 2. The highest BCUT2D eigenvalue weighted by molar-refractivity contribution is 5.84. The largest absolute Gasteiger partial charge is 0.497 e. The van der Waals surface area contributed by atoms with Crippen molar-refractivity contribution >= 4 is 10.9 Å². The van der Waals surface area contributed by atoms with Crippen molar-refractivity contribution in [1.82, 2.24) is 4.98 Å². The monoisotopic (exact) mass is 175 g/mol. The molecule has 0 bridgehead atoms. The van der Waals surface area contributed by atoms with Crippen molar-refractivity contribution in [2.45, 2.75) is 13.3 Å². The van der Waals surface area contributed by atoms with Gasteiger partial charge in [0.15, 0.2) is 0 Å². The minimum absolute atomic E-state index is 0.900. The summed E-state index contributed by atoms with van der Waals surface area (Å²) >= 11 is 0. The van der Waals surface area contributed by atoms with E-state index in [-0.39, 0.29) is 0 Å². The van der Waals surface area contributed by atoms with Crippen molar-refractivity contribution in [2.24, 2.45) is 0 Å². The lowest BCUT2D eigenvalue weighted by Crippen LogP contribution is -1.81. The Kier molecular flexibility index (Phi) is 1.97. The molecule has 0 saturated heterocycles. The number of aryl methyl sites for hydroxylation is 1. The van der Waals surface area contributed by atoms with Crippen LogP contribution in [0.15, 0.2) is 24.4 Å². The second-order valence-corrected chi connectivity index (χ2v) is 3.08. The summed E-state index contributed by atoms with van der Waals surface area (Å²) in [5.41, 5.74) is 2.51. The summed E-state index contributed by atoms with van der Waals surface area (Å²) in [7, 11) is 1.69. The molecule has 2 heteroatoms. The topological polar surface area (TPSA) is 25.0 Å². The van der Waals surface area contributed by atoms with Gasteiger partial charge in [0.1, 0.15) is 5.75 Å². The van der Waals surface area contributed by atoms with E-state index in [0.29, 0.717) is 0 Å². The molecule has 0 saturated carbocycles. The second kappa shape index (κ2) is 3.13. The van der Waals surface area contributed by atoms with Gasteiger partial charge in [0, 0.05) is 23.2 Å². The van der Waals surface area contributed by atoms with Crippen LogP contribution in [0.5, 0.6) is 5.75 Å². The molecule has 13 heavy (non-hydrogen) atoms. The molecule has 0 aliphatic heterocycles. The molecule has 0 radical (unpaired) electrons. The molecule has 0 amide bonds. The van der Waals surface area contributed by atoms with Crippen LogP contribution in [-0.2, 0) is 6.42 Å². The van der Waals surface area contributed by atoms with Crippen LogP contribution in [0.1, 0.15) is 12.5 Å². The number of aromatic amines is 1. The normalized spacial score (nSPS) is 10.6. The predicted octanol–water partition coefficient (Wildman–Crippen LogP) is 2.74. The molecule has 1 aromatic carbocycles. The number of fused-ring (bicyclic) bond motifs is 1. The van der Waals surface area contributed by atoms with Crippen LogP contribution in [0.3, 0.4) is 0 Å². The van der Waals surface area contributed by atoms with E-state index in [0.717, 1.165) is 17.7 Å². The number of methoxy groups -OCH3 is 1. The van der Waals surface area contributed by atoms with E-state index in [2.05, 4.69) is 24.2 Å². The lowest BCUT2D eigenvalue weighted by Gasteiger charge is -1.99. The first kappa shape index (κ1) is 8.17. The lowest BCUT2D eigenvalue weighted by atomic mass is 10.1. The molecular weight excluding hydrogens is 162 g/mol. The minimum Gasteiger partial charge on any atom is -0.497 e. The van der Waals surface area contributed by atoms with Gasteiger partial charge in [-0.25, -0.2) is 0 Å². The molecule has 1 heterocycles. The number of hydrogen-bond donors (Lipinski definition) is 1. The highest BCUT2D eigenvalue weighted by atomic mass is 16.5. The number of H-pyrrole nitrogens is 1. The standard InChI is InChI=1S/C11H13NO/c1-3-8-7-12-11-6-9(13-2)4-5-10(8)11/h4-7,12H,3H2,1-2H3. The third-order valence-corrected chi connectivity index (χ3v) is 2.36. The summed E-state index contributed by atoms with van der Waals surface area (Å²) in [6, 6.07) is 6.12. The van der Waals surface area contributed by atoms with Crippen LogP contribution in [0.25, 0.3) is 10.9 Å². The van der Waals surface area contributed by atoms with Crippen molar-refractivity contribution < 1.29 is 4.74 Å². The van der Waals surface area contributed by atoms with Gasteiger partial charge < -0.3 is 9.72 Å². The Morgan fingerprint density at radius 1 is 1.38 bits per heavy atom. The van der Waals surface area contributed by atoms with Gasteiger partial charge in [0.2, 0.25) is 0 Å². The molecule has 1 N–H and O–H groups in total. The van der Waals surface area contributed by atoms with Gasteiger partial charge >= 0.3 is 0 Å². The maximum atomic E-state index is 5.15. The molecule has 0 aliphatic rings. The van der Waals surface area contributed by atoms with Gasteiger partial charge in [0.25, 0.3) is 0 Å². The zero-order valence-corrected chi connectivity index (χ0v) is 7.92. The first-order valence-electron chi connectivity index (χ1n) is 4.49. The summed E-state index contributed by atoms with van der Waals surface area (Å²) < 4.78 is 5.15. The van der Waals surface area contributed by atoms with Gasteiger partial charge in [-0.05, 0) is 24.1 Å². The Hall–Kier alpha value is -1.44. The highest BCUT2D eigenvalue weighted by Gasteiger charge is 2.01. The van der Waals surface area contributed by atoms with Crippen LogP contribution in [0, 0.1) is 0 Å². The van der Waals surface area contributed by atoms with Gasteiger partial charge in [-0.1, -0.05) is 6.92 Å². The molecule has 2 aromatic rings. The number of benzene rings is 1. The Morgan fingerprint density at radius 2 is 2.23 bits per heavy atom. The molecule has 0 spiro atoms. The molecular formula is C11H13NO. The zero-order valence-electron chi connectivity index (χ0n) is 7.92. The fourth-order valence-corrected chi connectivity index (χ4v) is 1.58. The third-order valence-electron chi connectivity index (χ3n) is 2.36.